The van der Waals surface area contributed by atoms with Crippen molar-refractivity contribution in [3.05, 3.63) is 29.8 Å². The predicted octanol–water partition coefficient (Wildman–Crippen LogP) is 2.28. The van der Waals surface area contributed by atoms with Gasteiger partial charge >= 0.3 is 0 Å². The van der Waals surface area contributed by atoms with Gasteiger partial charge in [0.1, 0.15) is 5.75 Å². The quantitative estimate of drug-likeness (QED) is 0.800. The standard InChI is InChI=1S/C13H17NO/c1-15-12-8-3-2-5-11(12)13(14)9-6-4-7-10(9)13/h2-3,5,8-10H,4,6-7,14H2,1H3. The molecule has 0 spiro atoms. The molecule has 0 aliphatic heterocycles. The second-order valence-electron chi connectivity index (χ2n) is 4.78. The summed E-state index contributed by atoms with van der Waals surface area (Å²) in [6.07, 6.45) is 3.93. The molecule has 2 atom stereocenters. The molecule has 0 radical (unpaired) electrons. The van der Waals surface area contributed by atoms with Crippen LogP contribution in [0.4, 0.5) is 0 Å². The van der Waals surface area contributed by atoms with Gasteiger partial charge in [-0.2, -0.15) is 0 Å². The summed E-state index contributed by atoms with van der Waals surface area (Å²) in [6, 6.07) is 8.19. The van der Waals surface area contributed by atoms with Crippen molar-refractivity contribution in [2.75, 3.05) is 7.11 Å². The number of ether oxygens (including phenoxy) is 1. The summed E-state index contributed by atoms with van der Waals surface area (Å²) in [4.78, 5) is 0. The minimum Gasteiger partial charge on any atom is -0.496 e. The molecule has 2 N–H and O–H groups in total. The lowest BCUT2D eigenvalue weighted by atomic mass is 9.96. The van der Waals surface area contributed by atoms with Crippen molar-refractivity contribution in [3.8, 4) is 5.75 Å². The van der Waals surface area contributed by atoms with Crippen LogP contribution in [0.1, 0.15) is 24.8 Å². The molecule has 2 heteroatoms. The van der Waals surface area contributed by atoms with Crippen molar-refractivity contribution in [1.29, 1.82) is 0 Å². The lowest BCUT2D eigenvalue weighted by Crippen LogP contribution is -2.26. The molecule has 0 amide bonds. The van der Waals surface area contributed by atoms with Gasteiger partial charge in [0.05, 0.1) is 12.6 Å². The maximum Gasteiger partial charge on any atom is 0.123 e. The van der Waals surface area contributed by atoms with E-state index in [4.69, 9.17) is 10.5 Å². The maximum absolute atomic E-state index is 6.51. The number of fused-ring (bicyclic) bond motifs is 1. The van der Waals surface area contributed by atoms with Gasteiger partial charge in [0, 0.05) is 5.56 Å². The smallest absolute Gasteiger partial charge is 0.123 e. The Morgan fingerprint density at radius 1 is 1.27 bits per heavy atom. The molecular formula is C13H17NO. The fourth-order valence-electron chi connectivity index (χ4n) is 3.40. The van der Waals surface area contributed by atoms with Crippen LogP contribution in [0.3, 0.4) is 0 Å². The summed E-state index contributed by atoms with van der Waals surface area (Å²) in [5.41, 5.74) is 7.65. The van der Waals surface area contributed by atoms with Gasteiger partial charge in [0.25, 0.3) is 0 Å². The van der Waals surface area contributed by atoms with Gasteiger partial charge in [-0.3, -0.25) is 0 Å². The van der Waals surface area contributed by atoms with Crippen molar-refractivity contribution < 1.29 is 4.74 Å². The van der Waals surface area contributed by atoms with Crippen LogP contribution >= 0.6 is 0 Å². The van der Waals surface area contributed by atoms with Crippen LogP contribution in [0.25, 0.3) is 0 Å². The first-order valence-electron chi connectivity index (χ1n) is 5.71. The van der Waals surface area contributed by atoms with Crippen molar-refractivity contribution in [2.24, 2.45) is 17.6 Å². The van der Waals surface area contributed by atoms with Gasteiger partial charge in [-0.1, -0.05) is 24.6 Å². The average Bonchev–Trinajstić information content (AvgIpc) is 2.71. The molecule has 2 aliphatic carbocycles. The van der Waals surface area contributed by atoms with E-state index < -0.39 is 0 Å². The SMILES string of the molecule is COc1ccccc1C1(N)C2CCCC21. The highest BCUT2D eigenvalue weighted by atomic mass is 16.5. The molecule has 1 aromatic rings. The zero-order valence-corrected chi connectivity index (χ0v) is 9.07. The molecule has 0 aromatic heterocycles. The topological polar surface area (TPSA) is 35.2 Å². The van der Waals surface area contributed by atoms with Crippen LogP contribution in [0.15, 0.2) is 24.3 Å². The van der Waals surface area contributed by atoms with E-state index >= 15 is 0 Å². The fourth-order valence-corrected chi connectivity index (χ4v) is 3.40. The molecular weight excluding hydrogens is 186 g/mol. The van der Waals surface area contributed by atoms with Crippen molar-refractivity contribution in [3.63, 3.8) is 0 Å². The van der Waals surface area contributed by atoms with Gasteiger partial charge in [0.15, 0.2) is 0 Å². The van der Waals surface area contributed by atoms with E-state index in [0.717, 1.165) is 5.75 Å². The summed E-state index contributed by atoms with van der Waals surface area (Å²) in [6.45, 7) is 0. The Hall–Kier alpha value is -1.02. The summed E-state index contributed by atoms with van der Waals surface area (Å²) in [5.74, 6) is 2.36. The molecule has 2 aliphatic rings. The first-order chi connectivity index (χ1) is 7.28. The molecule has 15 heavy (non-hydrogen) atoms. The Labute approximate surface area is 90.4 Å². The minimum absolute atomic E-state index is 0.0785. The molecule has 2 fully saturated rings. The van der Waals surface area contributed by atoms with E-state index in [9.17, 15) is 0 Å². The molecule has 80 valence electrons. The Bertz CT molecular complexity index is 378. The third-order valence-corrected chi connectivity index (χ3v) is 4.21. The van der Waals surface area contributed by atoms with Crippen LogP contribution in [0.2, 0.25) is 0 Å². The number of hydrogen-bond acceptors (Lipinski definition) is 2. The lowest BCUT2D eigenvalue weighted by molar-refractivity contribution is 0.396. The van der Waals surface area contributed by atoms with Gasteiger partial charge in [-0.25, -0.2) is 0 Å². The fraction of sp³-hybridized carbons (Fsp3) is 0.538. The summed E-state index contributed by atoms with van der Waals surface area (Å²) < 4.78 is 5.40. The number of rotatable bonds is 2. The normalized spacial score (nSPS) is 37.5. The van der Waals surface area contributed by atoms with E-state index in [1.807, 2.05) is 12.1 Å². The molecule has 0 saturated heterocycles. The number of nitrogens with two attached hydrogens (primary N) is 1. The third kappa shape index (κ3) is 1.08. The van der Waals surface area contributed by atoms with Gasteiger partial charge in [0.2, 0.25) is 0 Å². The Morgan fingerprint density at radius 3 is 2.60 bits per heavy atom. The molecule has 0 bridgehead atoms. The van der Waals surface area contributed by atoms with E-state index in [1.165, 1.54) is 24.8 Å². The monoisotopic (exact) mass is 203 g/mol. The predicted molar refractivity (Wildman–Crippen MR) is 59.7 cm³/mol. The van der Waals surface area contributed by atoms with Crippen LogP contribution in [-0.2, 0) is 5.54 Å². The molecule has 1 aromatic carbocycles. The van der Waals surface area contributed by atoms with Crippen molar-refractivity contribution in [2.45, 2.75) is 24.8 Å². The highest BCUT2D eigenvalue weighted by Gasteiger charge is 2.65. The van der Waals surface area contributed by atoms with E-state index in [0.29, 0.717) is 11.8 Å². The molecule has 3 rings (SSSR count). The molecule has 2 unspecified atom stereocenters. The van der Waals surface area contributed by atoms with Gasteiger partial charge in [-0.15, -0.1) is 0 Å². The number of para-hydroxylation sites is 1. The zero-order valence-electron chi connectivity index (χ0n) is 9.07. The Kier molecular flexibility index (Phi) is 1.84. The second kappa shape index (κ2) is 2.99. The average molecular weight is 203 g/mol. The summed E-state index contributed by atoms with van der Waals surface area (Å²) >= 11 is 0. The third-order valence-electron chi connectivity index (χ3n) is 4.21. The number of methoxy groups -OCH3 is 1. The van der Waals surface area contributed by atoms with E-state index in [2.05, 4.69) is 12.1 Å². The number of hydrogen-bond donors (Lipinski definition) is 1. The zero-order chi connectivity index (χ0) is 10.5. The van der Waals surface area contributed by atoms with Gasteiger partial charge < -0.3 is 10.5 Å². The highest BCUT2D eigenvalue weighted by molar-refractivity contribution is 5.45. The van der Waals surface area contributed by atoms with E-state index in [-0.39, 0.29) is 5.54 Å². The summed E-state index contributed by atoms with van der Waals surface area (Å²) in [5, 5.41) is 0. The van der Waals surface area contributed by atoms with Crippen LogP contribution in [0, 0.1) is 11.8 Å². The highest BCUT2D eigenvalue weighted by Crippen LogP contribution is 2.65. The molecule has 2 nitrogen and oxygen atoms in total. The first kappa shape index (κ1) is 9.22. The van der Waals surface area contributed by atoms with E-state index in [1.54, 1.807) is 7.11 Å². The van der Waals surface area contributed by atoms with Gasteiger partial charge in [-0.05, 0) is 30.7 Å². The Balaban J connectivity index is 2.00. The molecule has 0 heterocycles. The van der Waals surface area contributed by atoms with Crippen molar-refractivity contribution in [1.82, 2.24) is 0 Å². The largest absolute Gasteiger partial charge is 0.496 e. The van der Waals surface area contributed by atoms with Crippen LogP contribution < -0.4 is 10.5 Å². The number of benzene rings is 1. The first-order valence-corrected chi connectivity index (χ1v) is 5.71. The lowest BCUT2D eigenvalue weighted by Gasteiger charge is -2.18. The second-order valence-corrected chi connectivity index (χ2v) is 4.78. The summed E-state index contributed by atoms with van der Waals surface area (Å²) in [7, 11) is 1.72. The van der Waals surface area contributed by atoms with Crippen LogP contribution in [0.5, 0.6) is 5.75 Å². The Morgan fingerprint density at radius 2 is 1.93 bits per heavy atom. The minimum atomic E-state index is -0.0785. The van der Waals surface area contributed by atoms with Crippen LogP contribution in [-0.4, -0.2) is 7.11 Å². The van der Waals surface area contributed by atoms with Crippen molar-refractivity contribution >= 4 is 0 Å². The molecule has 2 saturated carbocycles. The maximum atomic E-state index is 6.51.